The van der Waals surface area contributed by atoms with Crippen LogP contribution in [0.1, 0.15) is 18.4 Å². The summed E-state index contributed by atoms with van der Waals surface area (Å²) in [6, 6.07) is 5.77. The van der Waals surface area contributed by atoms with E-state index in [4.69, 9.17) is 14.2 Å². The van der Waals surface area contributed by atoms with Gasteiger partial charge in [0, 0.05) is 31.9 Å². The van der Waals surface area contributed by atoms with Gasteiger partial charge in [0.2, 0.25) is 0 Å². The number of methoxy groups -OCH3 is 2. The van der Waals surface area contributed by atoms with Crippen molar-refractivity contribution in [3.63, 3.8) is 0 Å². The number of urea groups is 1. The molecule has 2 amide bonds. The van der Waals surface area contributed by atoms with Crippen LogP contribution in [0, 0.1) is 0 Å². The van der Waals surface area contributed by atoms with Crippen molar-refractivity contribution >= 4 is 6.03 Å². The van der Waals surface area contributed by atoms with Crippen LogP contribution in [0.4, 0.5) is 4.79 Å². The first-order valence-corrected chi connectivity index (χ1v) is 7.56. The Morgan fingerprint density at radius 1 is 1.27 bits per heavy atom. The topological polar surface area (TPSA) is 68.8 Å². The van der Waals surface area contributed by atoms with Crippen LogP contribution >= 0.6 is 0 Å². The van der Waals surface area contributed by atoms with Gasteiger partial charge in [-0.15, -0.1) is 0 Å². The molecule has 0 saturated carbocycles. The zero-order valence-corrected chi connectivity index (χ0v) is 13.2. The largest absolute Gasteiger partial charge is 0.497 e. The number of nitrogens with one attached hydrogen (secondary N) is 2. The van der Waals surface area contributed by atoms with Gasteiger partial charge in [0.25, 0.3) is 0 Å². The molecule has 0 unspecified atom stereocenters. The molecule has 0 atom stereocenters. The summed E-state index contributed by atoms with van der Waals surface area (Å²) in [5, 5.41) is 5.85. The van der Waals surface area contributed by atoms with Crippen molar-refractivity contribution in [1.82, 2.24) is 10.6 Å². The summed E-state index contributed by atoms with van der Waals surface area (Å²) >= 11 is 0. The van der Waals surface area contributed by atoms with Crippen molar-refractivity contribution in [3.8, 4) is 11.5 Å². The van der Waals surface area contributed by atoms with Crippen molar-refractivity contribution in [2.24, 2.45) is 0 Å². The Hall–Kier alpha value is -1.95. The van der Waals surface area contributed by atoms with Gasteiger partial charge in [-0.2, -0.15) is 0 Å². The Kier molecular flexibility index (Phi) is 6.33. The molecular formula is C16H24N2O4. The van der Waals surface area contributed by atoms with Crippen LogP contribution in [0.2, 0.25) is 0 Å². The molecule has 1 aromatic carbocycles. The van der Waals surface area contributed by atoms with E-state index in [0.717, 1.165) is 29.9 Å². The molecule has 1 saturated heterocycles. The standard InChI is InChI=1S/C16H24N2O4/c1-20-14-4-3-12(15(11-14)21-2)5-8-17-16(19)18-13-6-9-22-10-7-13/h3-4,11,13H,5-10H2,1-2H3,(H2,17,18,19). The zero-order chi connectivity index (χ0) is 15.8. The van der Waals surface area contributed by atoms with Crippen molar-refractivity contribution in [3.05, 3.63) is 23.8 Å². The molecule has 0 aromatic heterocycles. The third-order valence-corrected chi connectivity index (χ3v) is 3.73. The lowest BCUT2D eigenvalue weighted by Crippen LogP contribution is -2.44. The van der Waals surface area contributed by atoms with Gasteiger partial charge in [-0.3, -0.25) is 0 Å². The van der Waals surface area contributed by atoms with E-state index in [0.29, 0.717) is 26.2 Å². The zero-order valence-electron chi connectivity index (χ0n) is 13.2. The first kappa shape index (κ1) is 16.4. The summed E-state index contributed by atoms with van der Waals surface area (Å²) in [6.07, 6.45) is 2.45. The molecule has 1 aromatic rings. The molecule has 1 fully saturated rings. The van der Waals surface area contributed by atoms with Crippen LogP contribution in [0.5, 0.6) is 11.5 Å². The van der Waals surface area contributed by atoms with Gasteiger partial charge in [0.1, 0.15) is 11.5 Å². The monoisotopic (exact) mass is 308 g/mol. The van der Waals surface area contributed by atoms with Crippen LogP contribution in [0.15, 0.2) is 18.2 Å². The van der Waals surface area contributed by atoms with E-state index in [9.17, 15) is 4.79 Å². The quantitative estimate of drug-likeness (QED) is 0.840. The van der Waals surface area contributed by atoms with E-state index in [-0.39, 0.29) is 12.1 Å². The van der Waals surface area contributed by atoms with Crippen molar-refractivity contribution < 1.29 is 19.0 Å². The van der Waals surface area contributed by atoms with E-state index >= 15 is 0 Å². The molecule has 0 aliphatic carbocycles. The van der Waals surface area contributed by atoms with E-state index in [1.807, 2.05) is 18.2 Å². The van der Waals surface area contributed by atoms with Gasteiger partial charge in [0.15, 0.2) is 0 Å². The molecule has 22 heavy (non-hydrogen) atoms. The Morgan fingerprint density at radius 3 is 2.73 bits per heavy atom. The van der Waals surface area contributed by atoms with Gasteiger partial charge in [-0.25, -0.2) is 4.79 Å². The number of carbonyl (C=O) groups excluding carboxylic acids is 1. The Balaban J connectivity index is 1.76. The summed E-state index contributed by atoms with van der Waals surface area (Å²) in [4.78, 5) is 11.8. The van der Waals surface area contributed by atoms with Crippen molar-refractivity contribution in [1.29, 1.82) is 0 Å². The second kappa shape index (κ2) is 8.48. The Labute approximate surface area is 131 Å². The van der Waals surface area contributed by atoms with E-state index in [1.54, 1.807) is 14.2 Å². The molecule has 0 radical (unpaired) electrons. The van der Waals surface area contributed by atoms with Crippen molar-refractivity contribution in [2.45, 2.75) is 25.3 Å². The van der Waals surface area contributed by atoms with E-state index in [1.165, 1.54) is 0 Å². The number of benzene rings is 1. The fourth-order valence-corrected chi connectivity index (χ4v) is 2.45. The third-order valence-electron chi connectivity index (χ3n) is 3.73. The minimum atomic E-state index is -0.126. The maximum Gasteiger partial charge on any atom is 0.315 e. The molecule has 2 N–H and O–H groups in total. The summed E-state index contributed by atoms with van der Waals surface area (Å²) in [6.45, 7) is 1.99. The first-order chi connectivity index (χ1) is 10.7. The lowest BCUT2D eigenvalue weighted by Gasteiger charge is -2.23. The van der Waals surface area contributed by atoms with Gasteiger partial charge in [0.05, 0.1) is 14.2 Å². The van der Waals surface area contributed by atoms with Gasteiger partial charge >= 0.3 is 6.03 Å². The minimum absolute atomic E-state index is 0.126. The number of ether oxygens (including phenoxy) is 3. The first-order valence-electron chi connectivity index (χ1n) is 7.56. The number of hydrogen-bond donors (Lipinski definition) is 2. The molecule has 6 heteroatoms. The predicted molar refractivity (Wildman–Crippen MR) is 83.6 cm³/mol. The Morgan fingerprint density at radius 2 is 2.05 bits per heavy atom. The number of rotatable bonds is 6. The van der Waals surface area contributed by atoms with Crippen LogP contribution in [-0.4, -0.2) is 46.1 Å². The maximum absolute atomic E-state index is 11.8. The van der Waals surface area contributed by atoms with Crippen LogP contribution < -0.4 is 20.1 Å². The fraction of sp³-hybridized carbons (Fsp3) is 0.562. The minimum Gasteiger partial charge on any atom is -0.497 e. The SMILES string of the molecule is COc1ccc(CCNC(=O)NC2CCOCC2)c(OC)c1. The highest BCUT2D eigenvalue weighted by Crippen LogP contribution is 2.24. The molecule has 1 aliphatic rings. The molecule has 122 valence electrons. The highest BCUT2D eigenvalue weighted by atomic mass is 16.5. The average molecular weight is 308 g/mol. The van der Waals surface area contributed by atoms with E-state index in [2.05, 4.69) is 10.6 Å². The molecule has 2 rings (SSSR count). The van der Waals surface area contributed by atoms with Crippen LogP contribution in [0.3, 0.4) is 0 Å². The van der Waals surface area contributed by atoms with Gasteiger partial charge in [-0.1, -0.05) is 6.07 Å². The lowest BCUT2D eigenvalue weighted by molar-refractivity contribution is 0.0801. The molecular weight excluding hydrogens is 284 g/mol. The number of carbonyl (C=O) groups is 1. The summed E-state index contributed by atoms with van der Waals surface area (Å²) in [7, 11) is 3.25. The molecule has 0 spiro atoms. The molecule has 0 bridgehead atoms. The van der Waals surface area contributed by atoms with Crippen LogP contribution in [0.25, 0.3) is 0 Å². The molecule has 6 nitrogen and oxygen atoms in total. The van der Waals surface area contributed by atoms with Crippen LogP contribution in [-0.2, 0) is 11.2 Å². The summed E-state index contributed by atoms with van der Waals surface area (Å²) in [5.74, 6) is 1.52. The highest BCUT2D eigenvalue weighted by Gasteiger charge is 2.15. The average Bonchev–Trinajstić information content (AvgIpc) is 2.56. The Bertz CT molecular complexity index is 487. The molecule has 1 aliphatic heterocycles. The maximum atomic E-state index is 11.8. The second-order valence-corrected chi connectivity index (χ2v) is 5.21. The van der Waals surface area contributed by atoms with E-state index < -0.39 is 0 Å². The lowest BCUT2D eigenvalue weighted by atomic mass is 10.1. The summed E-state index contributed by atoms with van der Waals surface area (Å²) < 4.78 is 15.8. The number of hydrogen-bond acceptors (Lipinski definition) is 4. The second-order valence-electron chi connectivity index (χ2n) is 5.21. The van der Waals surface area contributed by atoms with Gasteiger partial charge in [-0.05, 0) is 30.9 Å². The predicted octanol–water partition coefficient (Wildman–Crippen LogP) is 1.72. The summed E-state index contributed by atoms with van der Waals surface area (Å²) in [5.41, 5.74) is 1.04. The fourth-order valence-electron chi connectivity index (χ4n) is 2.45. The smallest absolute Gasteiger partial charge is 0.315 e. The highest BCUT2D eigenvalue weighted by molar-refractivity contribution is 5.74. The normalized spacial score (nSPS) is 15.2. The third kappa shape index (κ3) is 4.80. The number of amides is 2. The van der Waals surface area contributed by atoms with Crippen molar-refractivity contribution in [2.75, 3.05) is 34.0 Å². The molecule has 1 heterocycles. The van der Waals surface area contributed by atoms with Gasteiger partial charge < -0.3 is 24.8 Å².